The molecule has 4 heteroatoms. The number of carbonyl (C=O) groups is 1. The normalized spacial score (nSPS) is 12.2. The molecule has 0 saturated heterocycles. The van der Waals surface area contributed by atoms with Gasteiger partial charge in [0.15, 0.2) is 0 Å². The SMILES string of the molecule is C[C@@H](Cl)C(=O)Nc1cccc(I)c1. The molecule has 0 aliphatic carbocycles. The summed E-state index contributed by atoms with van der Waals surface area (Å²) in [5, 5.41) is 2.20. The van der Waals surface area contributed by atoms with Crippen molar-refractivity contribution in [3.63, 3.8) is 0 Å². The van der Waals surface area contributed by atoms with E-state index in [-0.39, 0.29) is 5.91 Å². The first kappa shape index (κ1) is 10.8. The Morgan fingerprint density at radius 2 is 2.31 bits per heavy atom. The maximum absolute atomic E-state index is 11.2. The molecule has 0 heterocycles. The molecule has 70 valence electrons. The van der Waals surface area contributed by atoms with Crippen LogP contribution >= 0.6 is 34.2 Å². The first-order chi connectivity index (χ1) is 6.09. The summed E-state index contributed by atoms with van der Waals surface area (Å²) in [7, 11) is 0. The fraction of sp³-hybridized carbons (Fsp3) is 0.222. The maximum atomic E-state index is 11.2. The molecule has 13 heavy (non-hydrogen) atoms. The Morgan fingerprint density at radius 3 is 2.85 bits per heavy atom. The number of anilines is 1. The number of halogens is 2. The first-order valence-electron chi connectivity index (χ1n) is 3.80. The van der Waals surface area contributed by atoms with Gasteiger partial charge in [-0.1, -0.05) is 6.07 Å². The van der Waals surface area contributed by atoms with E-state index < -0.39 is 5.38 Å². The van der Waals surface area contributed by atoms with Crippen molar-refractivity contribution >= 4 is 45.8 Å². The molecule has 1 rings (SSSR count). The maximum Gasteiger partial charge on any atom is 0.242 e. The van der Waals surface area contributed by atoms with E-state index in [1.54, 1.807) is 6.92 Å². The van der Waals surface area contributed by atoms with Crippen LogP contribution in [0.2, 0.25) is 0 Å². The van der Waals surface area contributed by atoms with Crippen LogP contribution in [0.5, 0.6) is 0 Å². The van der Waals surface area contributed by atoms with E-state index in [1.165, 1.54) is 0 Å². The standard InChI is InChI=1S/C9H9ClINO/c1-6(10)9(13)12-8-4-2-3-7(11)5-8/h2-6H,1H3,(H,12,13)/t6-/m1/s1. The molecular formula is C9H9ClINO. The van der Waals surface area contributed by atoms with Crippen molar-refractivity contribution in [2.24, 2.45) is 0 Å². The lowest BCUT2D eigenvalue weighted by molar-refractivity contribution is -0.115. The lowest BCUT2D eigenvalue weighted by atomic mass is 10.3. The summed E-state index contributed by atoms with van der Waals surface area (Å²) in [6.07, 6.45) is 0. The van der Waals surface area contributed by atoms with Crippen LogP contribution in [0.25, 0.3) is 0 Å². The molecule has 1 aromatic carbocycles. The number of hydrogen-bond donors (Lipinski definition) is 1. The van der Waals surface area contributed by atoms with E-state index in [4.69, 9.17) is 11.6 Å². The molecule has 0 spiro atoms. The number of alkyl halides is 1. The third-order valence-corrected chi connectivity index (χ3v) is 2.32. The van der Waals surface area contributed by atoms with Gasteiger partial charge in [-0.25, -0.2) is 0 Å². The third kappa shape index (κ3) is 3.52. The van der Waals surface area contributed by atoms with Crippen LogP contribution in [0.15, 0.2) is 24.3 Å². The molecule has 1 aromatic rings. The summed E-state index contributed by atoms with van der Waals surface area (Å²) in [5.41, 5.74) is 0.782. The quantitative estimate of drug-likeness (QED) is 0.660. The highest BCUT2D eigenvalue weighted by molar-refractivity contribution is 14.1. The predicted molar refractivity (Wildman–Crippen MR) is 63.1 cm³/mol. The van der Waals surface area contributed by atoms with Crippen molar-refractivity contribution in [3.8, 4) is 0 Å². The predicted octanol–water partition coefficient (Wildman–Crippen LogP) is 2.86. The van der Waals surface area contributed by atoms with Gasteiger partial charge in [0, 0.05) is 9.26 Å². The van der Waals surface area contributed by atoms with Gasteiger partial charge >= 0.3 is 0 Å². The highest BCUT2D eigenvalue weighted by atomic mass is 127. The van der Waals surface area contributed by atoms with Gasteiger partial charge in [-0.15, -0.1) is 11.6 Å². The summed E-state index contributed by atoms with van der Waals surface area (Å²) >= 11 is 7.79. The zero-order chi connectivity index (χ0) is 9.84. The van der Waals surface area contributed by atoms with Crippen molar-refractivity contribution in [2.75, 3.05) is 5.32 Å². The number of amides is 1. The molecule has 1 atom stereocenters. The molecule has 0 aromatic heterocycles. The Labute approximate surface area is 95.8 Å². The van der Waals surface area contributed by atoms with Gasteiger partial charge in [0.2, 0.25) is 5.91 Å². The minimum atomic E-state index is -0.502. The van der Waals surface area contributed by atoms with E-state index in [9.17, 15) is 4.79 Å². The highest BCUT2D eigenvalue weighted by Crippen LogP contribution is 2.13. The van der Waals surface area contributed by atoms with Crippen LogP contribution in [0.1, 0.15) is 6.92 Å². The molecular weight excluding hydrogens is 300 g/mol. The Bertz CT molecular complexity index is 314. The van der Waals surface area contributed by atoms with Crippen molar-refractivity contribution in [1.29, 1.82) is 0 Å². The van der Waals surface area contributed by atoms with Gasteiger partial charge < -0.3 is 5.32 Å². The van der Waals surface area contributed by atoms with E-state index in [0.29, 0.717) is 0 Å². The second-order valence-electron chi connectivity index (χ2n) is 2.62. The molecule has 0 fully saturated rings. The van der Waals surface area contributed by atoms with E-state index in [2.05, 4.69) is 27.9 Å². The number of nitrogens with one attached hydrogen (secondary N) is 1. The number of benzene rings is 1. The van der Waals surface area contributed by atoms with Gasteiger partial charge in [-0.2, -0.15) is 0 Å². The number of hydrogen-bond acceptors (Lipinski definition) is 1. The van der Waals surface area contributed by atoms with Gasteiger partial charge in [-0.05, 0) is 47.7 Å². The van der Waals surface area contributed by atoms with E-state index >= 15 is 0 Å². The Balaban J connectivity index is 2.69. The zero-order valence-electron chi connectivity index (χ0n) is 7.05. The van der Waals surface area contributed by atoms with E-state index in [0.717, 1.165) is 9.26 Å². The molecule has 1 N–H and O–H groups in total. The smallest absolute Gasteiger partial charge is 0.242 e. The van der Waals surface area contributed by atoms with Crippen LogP contribution < -0.4 is 5.32 Å². The van der Waals surface area contributed by atoms with Crippen molar-refractivity contribution in [2.45, 2.75) is 12.3 Å². The van der Waals surface area contributed by atoms with Crippen molar-refractivity contribution in [1.82, 2.24) is 0 Å². The minimum absolute atomic E-state index is 0.177. The Kier molecular flexibility index (Phi) is 3.99. The van der Waals surface area contributed by atoms with Gasteiger partial charge in [0.05, 0.1) is 0 Å². The average molecular weight is 310 g/mol. The van der Waals surface area contributed by atoms with Crippen molar-refractivity contribution in [3.05, 3.63) is 27.8 Å². The van der Waals surface area contributed by atoms with Crippen LogP contribution in [-0.4, -0.2) is 11.3 Å². The lowest BCUT2D eigenvalue weighted by Crippen LogP contribution is -2.20. The average Bonchev–Trinajstić information content (AvgIpc) is 2.04. The molecule has 0 unspecified atom stereocenters. The monoisotopic (exact) mass is 309 g/mol. The van der Waals surface area contributed by atoms with Crippen LogP contribution in [0.4, 0.5) is 5.69 Å². The molecule has 0 bridgehead atoms. The summed E-state index contributed by atoms with van der Waals surface area (Å²) in [6, 6.07) is 7.56. The van der Waals surface area contributed by atoms with Gasteiger partial charge in [0.1, 0.15) is 5.38 Å². The van der Waals surface area contributed by atoms with Crippen molar-refractivity contribution < 1.29 is 4.79 Å². The first-order valence-corrected chi connectivity index (χ1v) is 5.31. The summed E-state index contributed by atoms with van der Waals surface area (Å²) in [5.74, 6) is -0.177. The van der Waals surface area contributed by atoms with Crippen LogP contribution in [0, 0.1) is 3.57 Å². The second kappa shape index (κ2) is 4.81. The topological polar surface area (TPSA) is 29.1 Å². The second-order valence-corrected chi connectivity index (χ2v) is 4.52. The third-order valence-electron chi connectivity index (χ3n) is 1.45. The Hall–Kier alpha value is -0.290. The van der Waals surface area contributed by atoms with E-state index in [1.807, 2.05) is 24.3 Å². The minimum Gasteiger partial charge on any atom is -0.325 e. The summed E-state index contributed by atoms with van der Waals surface area (Å²) in [4.78, 5) is 11.2. The molecule has 0 radical (unpaired) electrons. The summed E-state index contributed by atoms with van der Waals surface area (Å²) < 4.78 is 1.08. The zero-order valence-corrected chi connectivity index (χ0v) is 9.96. The molecule has 0 aliphatic rings. The fourth-order valence-corrected chi connectivity index (χ4v) is 1.41. The lowest BCUT2D eigenvalue weighted by Gasteiger charge is -2.06. The summed E-state index contributed by atoms with van der Waals surface area (Å²) in [6.45, 7) is 1.64. The number of carbonyl (C=O) groups excluding carboxylic acids is 1. The highest BCUT2D eigenvalue weighted by Gasteiger charge is 2.08. The molecule has 1 amide bonds. The largest absolute Gasteiger partial charge is 0.325 e. The van der Waals surface area contributed by atoms with Crippen LogP contribution in [-0.2, 0) is 4.79 Å². The number of rotatable bonds is 2. The molecule has 2 nitrogen and oxygen atoms in total. The Morgan fingerprint density at radius 1 is 1.62 bits per heavy atom. The fourth-order valence-electron chi connectivity index (χ4n) is 0.808. The molecule has 0 aliphatic heterocycles. The van der Waals surface area contributed by atoms with Gasteiger partial charge in [-0.3, -0.25) is 4.79 Å². The molecule has 0 saturated carbocycles. The van der Waals surface area contributed by atoms with Crippen LogP contribution in [0.3, 0.4) is 0 Å². The van der Waals surface area contributed by atoms with Gasteiger partial charge in [0.25, 0.3) is 0 Å².